The lowest BCUT2D eigenvalue weighted by Gasteiger charge is -2.08. The van der Waals surface area contributed by atoms with Gasteiger partial charge in [-0.1, -0.05) is 56.3 Å². The molecule has 0 radical (unpaired) electrons. The Bertz CT molecular complexity index is 1310. The van der Waals surface area contributed by atoms with Crippen LogP contribution in [-0.4, -0.2) is 37.9 Å². The summed E-state index contributed by atoms with van der Waals surface area (Å²) in [6.07, 6.45) is 3.31. The molecular formula is C27H30N6O3. The molecule has 0 bridgehead atoms. The van der Waals surface area contributed by atoms with Crippen molar-refractivity contribution in [2.45, 2.75) is 34.0 Å². The Balaban J connectivity index is 1.37. The molecule has 0 atom stereocenters. The van der Waals surface area contributed by atoms with Crippen molar-refractivity contribution in [3.63, 3.8) is 0 Å². The van der Waals surface area contributed by atoms with E-state index in [9.17, 15) is 9.59 Å². The molecule has 0 aliphatic heterocycles. The van der Waals surface area contributed by atoms with Gasteiger partial charge < -0.3 is 15.4 Å². The van der Waals surface area contributed by atoms with E-state index < -0.39 is 5.91 Å². The maximum Gasteiger partial charge on any atom is 0.276 e. The van der Waals surface area contributed by atoms with Gasteiger partial charge in [-0.15, -0.1) is 0 Å². The van der Waals surface area contributed by atoms with E-state index >= 15 is 0 Å². The molecule has 186 valence electrons. The minimum absolute atomic E-state index is 0.147. The summed E-state index contributed by atoms with van der Waals surface area (Å²) in [6, 6.07) is 19.5. The number of hydrogen-bond donors (Lipinski definition) is 2. The van der Waals surface area contributed by atoms with Crippen LogP contribution in [0.3, 0.4) is 0 Å². The number of aryl methyl sites for hydroxylation is 1. The zero-order chi connectivity index (χ0) is 25.5. The standard InChI is InChI=1S/C27H30N6O3/c1-4-32-17-24(25(31-32)27(35)28-16-19(2)3)29-26(34)23-14-15-33(30-23)18-36-22-12-10-21(11-13-22)20-8-6-5-7-9-20/h5-15,17,19H,4,16,18H2,1-3H3,(H,28,35)(H,29,34). The van der Waals surface area contributed by atoms with Crippen molar-refractivity contribution in [1.82, 2.24) is 24.9 Å². The third-order valence-electron chi connectivity index (χ3n) is 5.42. The van der Waals surface area contributed by atoms with Crippen molar-refractivity contribution in [1.29, 1.82) is 0 Å². The molecule has 0 saturated carbocycles. The first-order valence-electron chi connectivity index (χ1n) is 11.9. The zero-order valence-electron chi connectivity index (χ0n) is 20.6. The lowest BCUT2D eigenvalue weighted by Crippen LogP contribution is -2.28. The van der Waals surface area contributed by atoms with Gasteiger partial charge in [-0.2, -0.15) is 10.2 Å². The minimum atomic E-state index is -0.436. The number of amides is 2. The highest BCUT2D eigenvalue weighted by atomic mass is 16.5. The number of nitrogens with one attached hydrogen (secondary N) is 2. The summed E-state index contributed by atoms with van der Waals surface area (Å²) in [4.78, 5) is 25.4. The molecular weight excluding hydrogens is 456 g/mol. The first-order valence-corrected chi connectivity index (χ1v) is 11.9. The summed E-state index contributed by atoms with van der Waals surface area (Å²) < 4.78 is 8.95. The number of anilines is 1. The van der Waals surface area contributed by atoms with E-state index in [-0.39, 0.29) is 24.0 Å². The van der Waals surface area contributed by atoms with E-state index in [2.05, 4.69) is 33.0 Å². The maximum absolute atomic E-state index is 12.8. The highest BCUT2D eigenvalue weighted by Crippen LogP contribution is 2.22. The molecule has 0 spiro atoms. The Morgan fingerprint density at radius 3 is 2.33 bits per heavy atom. The molecule has 9 nitrogen and oxygen atoms in total. The van der Waals surface area contributed by atoms with Crippen LogP contribution in [0.2, 0.25) is 0 Å². The second-order valence-electron chi connectivity index (χ2n) is 8.71. The zero-order valence-corrected chi connectivity index (χ0v) is 20.6. The predicted molar refractivity (Wildman–Crippen MR) is 138 cm³/mol. The van der Waals surface area contributed by atoms with E-state index in [4.69, 9.17) is 4.74 Å². The van der Waals surface area contributed by atoms with Gasteiger partial charge in [-0.25, -0.2) is 4.68 Å². The summed E-state index contributed by atoms with van der Waals surface area (Å²) in [5.41, 5.74) is 2.96. The maximum atomic E-state index is 12.8. The SMILES string of the molecule is CCn1cc(NC(=O)c2ccn(COc3ccc(-c4ccccc4)cc3)n2)c(C(=O)NCC(C)C)n1. The average molecular weight is 487 g/mol. The molecule has 2 amide bonds. The van der Waals surface area contributed by atoms with Gasteiger partial charge in [0.2, 0.25) is 0 Å². The fourth-order valence-electron chi connectivity index (χ4n) is 3.48. The Kier molecular flexibility index (Phi) is 7.79. The molecule has 9 heteroatoms. The molecule has 2 aromatic carbocycles. The molecule has 2 N–H and O–H groups in total. The van der Waals surface area contributed by atoms with E-state index in [1.807, 2.05) is 63.2 Å². The van der Waals surface area contributed by atoms with Crippen LogP contribution in [0.15, 0.2) is 73.1 Å². The molecule has 2 aromatic heterocycles. The van der Waals surface area contributed by atoms with Crippen molar-refractivity contribution < 1.29 is 14.3 Å². The molecule has 0 fully saturated rings. The van der Waals surface area contributed by atoms with Gasteiger partial charge in [-0.05, 0) is 42.2 Å². The van der Waals surface area contributed by atoms with Gasteiger partial charge in [0.25, 0.3) is 11.8 Å². The van der Waals surface area contributed by atoms with E-state index in [0.717, 1.165) is 11.1 Å². The molecule has 0 aliphatic rings. The second kappa shape index (κ2) is 11.4. The topological polar surface area (TPSA) is 103 Å². The molecule has 0 saturated heterocycles. The minimum Gasteiger partial charge on any atom is -0.471 e. The largest absolute Gasteiger partial charge is 0.471 e. The van der Waals surface area contributed by atoms with Crippen LogP contribution in [-0.2, 0) is 13.3 Å². The van der Waals surface area contributed by atoms with Crippen LogP contribution < -0.4 is 15.4 Å². The number of benzene rings is 2. The summed E-state index contributed by atoms with van der Waals surface area (Å²) in [6.45, 7) is 7.16. The summed E-state index contributed by atoms with van der Waals surface area (Å²) in [5.74, 6) is 0.228. The number of rotatable bonds is 10. The van der Waals surface area contributed by atoms with Crippen molar-refractivity contribution in [3.8, 4) is 16.9 Å². The van der Waals surface area contributed by atoms with Crippen LogP contribution in [0.5, 0.6) is 5.75 Å². The smallest absolute Gasteiger partial charge is 0.276 e. The lowest BCUT2D eigenvalue weighted by molar-refractivity contribution is 0.0944. The summed E-state index contributed by atoms with van der Waals surface area (Å²) in [7, 11) is 0. The normalized spacial score (nSPS) is 10.9. The van der Waals surface area contributed by atoms with Gasteiger partial charge in [0.15, 0.2) is 18.1 Å². The van der Waals surface area contributed by atoms with Crippen LogP contribution in [0.1, 0.15) is 41.7 Å². The predicted octanol–water partition coefficient (Wildman–Crippen LogP) is 4.44. The monoisotopic (exact) mass is 486 g/mol. The van der Waals surface area contributed by atoms with Gasteiger partial charge in [0, 0.05) is 25.5 Å². The van der Waals surface area contributed by atoms with Gasteiger partial charge in [0.1, 0.15) is 5.75 Å². The number of ether oxygens (including phenoxy) is 1. The lowest BCUT2D eigenvalue weighted by atomic mass is 10.1. The third-order valence-corrected chi connectivity index (χ3v) is 5.42. The highest BCUT2D eigenvalue weighted by Gasteiger charge is 2.20. The summed E-state index contributed by atoms with van der Waals surface area (Å²) >= 11 is 0. The Hall–Kier alpha value is -4.40. The number of carbonyl (C=O) groups is 2. The Morgan fingerprint density at radius 1 is 0.917 bits per heavy atom. The fourth-order valence-corrected chi connectivity index (χ4v) is 3.48. The third kappa shape index (κ3) is 6.18. The summed E-state index contributed by atoms with van der Waals surface area (Å²) in [5, 5.41) is 14.2. The van der Waals surface area contributed by atoms with Crippen LogP contribution in [0, 0.1) is 5.92 Å². The second-order valence-corrected chi connectivity index (χ2v) is 8.71. The van der Waals surface area contributed by atoms with Crippen molar-refractivity contribution in [3.05, 3.63) is 84.4 Å². The quantitative estimate of drug-likeness (QED) is 0.345. The number of nitrogens with zero attached hydrogens (tertiary/aromatic N) is 4. The number of aromatic nitrogens is 4. The van der Waals surface area contributed by atoms with Gasteiger partial charge >= 0.3 is 0 Å². The van der Waals surface area contributed by atoms with E-state index in [1.54, 1.807) is 23.1 Å². The average Bonchev–Trinajstić information content (AvgIpc) is 3.54. The van der Waals surface area contributed by atoms with Crippen LogP contribution in [0.25, 0.3) is 11.1 Å². The molecule has 4 rings (SSSR count). The van der Waals surface area contributed by atoms with E-state index in [1.165, 1.54) is 4.68 Å². The molecule has 0 unspecified atom stereocenters. The Labute approximate surface area is 210 Å². The number of hydrogen-bond acceptors (Lipinski definition) is 5. The first kappa shape index (κ1) is 24.7. The van der Waals surface area contributed by atoms with Crippen molar-refractivity contribution in [2.24, 2.45) is 5.92 Å². The highest BCUT2D eigenvalue weighted by molar-refractivity contribution is 6.07. The van der Waals surface area contributed by atoms with Crippen molar-refractivity contribution >= 4 is 17.5 Å². The fraction of sp³-hybridized carbons (Fsp3) is 0.259. The van der Waals surface area contributed by atoms with E-state index in [0.29, 0.717) is 30.4 Å². The van der Waals surface area contributed by atoms with Gasteiger partial charge in [-0.3, -0.25) is 14.3 Å². The first-order chi connectivity index (χ1) is 17.4. The van der Waals surface area contributed by atoms with Gasteiger partial charge in [0.05, 0.1) is 5.69 Å². The molecule has 2 heterocycles. The van der Waals surface area contributed by atoms with Crippen LogP contribution >= 0.6 is 0 Å². The van der Waals surface area contributed by atoms with Crippen LogP contribution in [0.4, 0.5) is 5.69 Å². The molecule has 36 heavy (non-hydrogen) atoms. The number of carbonyl (C=O) groups excluding carboxylic acids is 2. The Morgan fingerprint density at radius 2 is 1.64 bits per heavy atom. The molecule has 4 aromatic rings. The molecule has 0 aliphatic carbocycles. The van der Waals surface area contributed by atoms with Crippen molar-refractivity contribution in [2.75, 3.05) is 11.9 Å².